The molecule has 2 unspecified atom stereocenters. The molecule has 0 aliphatic rings. The van der Waals surface area contributed by atoms with E-state index in [1.807, 2.05) is 38.2 Å². The van der Waals surface area contributed by atoms with Crippen molar-refractivity contribution in [2.75, 3.05) is 13.6 Å². The molecule has 1 aromatic heterocycles. The zero-order chi connectivity index (χ0) is 14.7. The Kier molecular flexibility index (Phi) is 5.16. The first-order chi connectivity index (χ1) is 9.54. The average molecular weight is 313 g/mol. The third-order valence-electron chi connectivity index (χ3n) is 3.60. The van der Waals surface area contributed by atoms with Gasteiger partial charge in [0.15, 0.2) is 0 Å². The predicted octanol–water partition coefficient (Wildman–Crippen LogP) is 4.23. The number of thiophene rings is 1. The predicted molar refractivity (Wildman–Crippen MR) is 83.7 cm³/mol. The lowest BCUT2D eigenvalue weighted by atomic mass is 10.0. The Morgan fingerprint density at radius 1 is 1.30 bits per heavy atom. The van der Waals surface area contributed by atoms with Crippen molar-refractivity contribution in [3.8, 4) is 0 Å². The van der Waals surface area contributed by atoms with E-state index in [9.17, 15) is 4.39 Å². The molecule has 0 aliphatic heterocycles. The summed E-state index contributed by atoms with van der Waals surface area (Å²) >= 11 is 7.50. The van der Waals surface area contributed by atoms with Crippen LogP contribution in [0.4, 0.5) is 4.39 Å². The lowest BCUT2D eigenvalue weighted by Crippen LogP contribution is -2.32. The molecule has 2 atom stereocenters. The number of hydrogen-bond donors (Lipinski definition) is 1. The second-order valence-corrected chi connectivity index (χ2v) is 6.50. The molecule has 20 heavy (non-hydrogen) atoms. The van der Waals surface area contributed by atoms with Crippen LogP contribution in [-0.2, 0) is 0 Å². The molecule has 0 saturated carbocycles. The van der Waals surface area contributed by atoms with Gasteiger partial charge in [0.05, 0.1) is 10.4 Å². The summed E-state index contributed by atoms with van der Waals surface area (Å²) in [6, 6.07) is 10.7. The van der Waals surface area contributed by atoms with E-state index in [1.54, 1.807) is 6.07 Å². The van der Waals surface area contributed by atoms with Crippen molar-refractivity contribution in [2.45, 2.75) is 19.0 Å². The summed E-state index contributed by atoms with van der Waals surface area (Å²) in [6.45, 7) is 2.45. The Labute approximate surface area is 128 Å². The first kappa shape index (κ1) is 15.4. The second-order valence-electron chi connectivity index (χ2n) is 4.76. The number of hydrogen-bond acceptors (Lipinski definition) is 3. The molecule has 0 amide bonds. The molecule has 0 aliphatic carbocycles. The Bertz CT molecular complexity index is 573. The number of benzene rings is 1. The van der Waals surface area contributed by atoms with E-state index >= 15 is 0 Å². The van der Waals surface area contributed by atoms with Crippen molar-refractivity contribution < 1.29 is 4.39 Å². The van der Waals surface area contributed by atoms with E-state index in [4.69, 9.17) is 17.3 Å². The second kappa shape index (κ2) is 6.68. The van der Waals surface area contributed by atoms with Crippen LogP contribution >= 0.6 is 22.9 Å². The van der Waals surface area contributed by atoms with E-state index in [0.29, 0.717) is 12.1 Å². The molecule has 0 spiro atoms. The highest BCUT2D eigenvalue weighted by molar-refractivity contribution is 7.16. The van der Waals surface area contributed by atoms with Crippen molar-refractivity contribution in [3.05, 3.63) is 57.0 Å². The maximum absolute atomic E-state index is 13.9. The monoisotopic (exact) mass is 312 g/mol. The Hall–Kier alpha value is -0.940. The standard InChI is InChI=1S/C15H18ClFN2S/c1-10(11-5-3-4-6-12(11)17)19(2)13(9-18)14-7-8-15(16)20-14/h3-8,10,13H,9,18H2,1-2H3. The van der Waals surface area contributed by atoms with Crippen LogP contribution in [-0.4, -0.2) is 18.5 Å². The largest absolute Gasteiger partial charge is 0.329 e. The summed E-state index contributed by atoms with van der Waals surface area (Å²) in [5.41, 5.74) is 6.57. The Balaban J connectivity index is 2.24. The van der Waals surface area contributed by atoms with Gasteiger partial charge in [-0.05, 0) is 32.2 Å². The van der Waals surface area contributed by atoms with Crippen LogP contribution in [0.5, 0.6) is 0 Å². The molecule has 0 bridgehead atoms. The van der Waals surface area contributed by atoms with Gasteiger partial charge in [-0.15, -0.1) is 11.3 Å². The minimum absolute atomic E-state index is 0.0297. The van der Waals surface area contributed by atoms with Crippen LogP contribution in [0.25, 0.3) is 0 Å². The number of nitrogens with two attached hydrogens (primary N) is 1. The summed E-state index contributed by atoms with van der Waals surface area (Å²) in [5, 5.41) is 0. The van der Waals surface area contributed by atoms with Crippen molar-refractivity contribution in [2.24, 2.45) is 5.73 Å². The molecular weight excluding hydrogens is 295 g/mol. The Morgan fingerprint density at radius 2 is 2.00 bits per heavy atom. The minimum atomic E-state index is -0.188. The molecule has 2 rings (SSSR count). The summed E-state index contributed by atoms with van der Waals surface area (Å²) in [6.07, 6.45) is 0. The van der Waals surface area contributed by atoms with Gasteiger partial charge in [0, 0.05) is 23.0 Å². The fourth-order valence-corrected chi connectivity index (χ4v) is 3.52. The van der Waals surface area contributed by atoms with Crippen molar-refractivity contribution in [1.29, 1.82) is 0 Å². The minimum Gasteiger partial charge on any atom is -0.329 e. The molecule has 0 fully saturated rings. The summed E-state index contributed by atoms with van der Waals surface area (Å²) in [5.74, 6) is -0.188. The molecule has 1 aromatic carbocycles. The number of likely N-dealkylation sites (N-methyl/N-ethyl adjacent to an activating group) is 1. The van der Waals surface area contributed by atoms with E-state index in [1.165, 1.54) is 17.4 Å². The zero-order valence-corrected chi connectivity index (χ0v) is 13.1. The average Bonchev–Trinajstić information content (AvgIpc) is 2.85. The fourth-order valence-electron chi connectivity index (χ4n) is 2.29. The van der Waals surface area contributed by atoms with Crippen LogP contribution in [0.1, 0.15) is 29.4 Å². The van der Waals surface area contributed by atoms with E-state index in [0.717, 1.165) is 9.21 Å². The van der Waals surface area contributed by atoms with Crippen LogP contribution in [0, 0.1) is 5.82 Å². The highest BCUT2D eigenvalue weighted by Gasteiger charge is 2.24. The van der Waals surface area contributed by atoms with Crippen molar-refractivity contribution in [1.82, 2.24) is 4.90 Å². The quantitative estimate of drug-likeness (QED) is 0.895. The zero-order valence-electron chi connectivity index (χ0n) is 11.5. The smallest absolute Gasteiger partial charge is 0.127 e. The third kappa shape index (κ3) is 3.20. The maximum atomic E-state index is 13.9. The Morgan fingerprint density at radius 3 is 2.55 bits per heavy atom. The molecule has 2 N–H and O–H groups in total. The van der Waals surface area contributed by atoms with E-state index < -0.39 is 0 Å². The van der Waals surface area contributed by atoms with Gasteiger partial charge in [-0.2, -0.15) is 0 Å². The van der Waals surface area contributed by atoms with Gasteiger partial charge in [0.2, 0.25) is 0 Å². The van der Waals surface area contributed by atoms with Gasteiger partial charge >= 0.3 is 0 Å². The van der Waals surface area contributed by atoms with Gasteiger partial charge in [0.1, 0.15) is 5.82 Å². The molecule has 2 nitrogen and oxygen atoms in total. The number of nitrogens with zero attached hydrogens (tertiary/aromatic N) is 1. The van der Waals surface area contributed by atoms with Gasteiger partial charge in [-0.3, -0.25) is 4.90 Å². The van der Waals surface area contributed by atoms with Gasteiger partial charge in [0.25, 0.3) is 0 Å². The van der Waals surface area contributed by atoms with Crippen LogP contribution < -0.4 is 5.73 Å². The van der Waals surface area contributed by atoms with Gasteiger partial charge in [-0.25, -0.2) is 4.39 Å². The molecule has 2 aromatic rings. The molecule has 5 heteroatoms. The highest BCUT2D eigenvalue weighted by Crippen LogP contribution is 2.34. The summed E-state index contributed by atoms with van der Waals surface area (Å²) in [7, 11) is 1.96. The summed E-state index contributed by atoms with van der Waals surface area (Å²) < 4.78 is 14.6. The van der Waals surface area contributed by atoms with Crippen LogP contribution in [0.3, 0.4) is 0 Å². The van der Waals surface area contributed by atoms with Crippen molar-refractivity contribution >= 4 is 22.9 Å². The molecular formula is C15H18ClFN2S. The first-order valence-electron chi connectivity index (χ1n) is 6.46. The summed E-state index contributed by atoms with van der Waals surface area (Å²) in [4.78, 5) is 3.18. The molecule has 0 radical (unpaired) electrons. The third-order valence-corrected chi connectivity index (χ3v) is 4.94. The van der Waals surface area contributed by atoms with Crippen molar-refractivity contribution in [3.63, 3.8) is 0 Å². The lowest BCUT2D eigenvalue weighted by molar-refractivity contribution is 0.189. The first-order valence-corrected chi connectivity index (χ1v) is 7.65. The van der Waals surface area contributed by atoms with E-state index in [-0.39, 0.29) is 17.9 Å². The van der Waals surface area contributed by atoms with Crippen LogP contribution in [0.15, 0.2) is 36.4 Å². The van der Waals surface area contributed by atoms with Crippen LogP contribution in [0.2, 0.25) is 4.34 Å². The lowest BCUT2D eigenvalue weighted by Gasteiger charge is -2.32. The van der Waals surface area contributed by atoms with E-state index in [2.05, 4.69) is 4.90 Å². The van der Waals surface area contributed by atoms with Gasteiger partial charge in [-0.1, -0.05) is 29.8 Å². The normalized spacial score (nSPS) is 14.5. The molecule has 1 heterocycles. The number of halogens is 2. The SMILES string of the molecule is CC(c1ccccc1F)N(C)C(CN)c1ccc(Cl)s1. The number of rotatable bonds is 5. The van der Waals surface area contributed by atoms with Gasteiger partial charge < -0.3 is 5.73 Å². The molecule has 0 saturated heterocycles. The topological polar surface area (TPSA) is 29.3 Å². The maximum Gasteiger partial charge on any atom is 0.127 e. The fraction of sp³-hybridized carbons (Fsp3) is 0.333. The highest BCUT2D eigenvalue weighted by atomic mass is 35.5. The molecule has 108 valence electrons.